The van der Waals surface area contributed by atoms with E-state index in [0.717, 1.165) is 46.9 Å². The van der Waals surface area contributed by atoms with Gasteiger partial charge in [-0.2, -0.15) is 0 Å². The third-order valence-electron chi connectivity index (χ3n) is 9.04. The van der Waals surface area contributed by atoms with Gasteiger partial charge < -0.3 is 52.1 Å². The molecule has 2 aromatic rings. The zero-order valence-electron chi connectivity index (χ0n) is 33.3. The molecule has 0 N–H and O–H groups in total. The Hall–Kier alpha value is -6.60. The van der Waals surface area contributed by atoms with E-state index in [4.69, 9.17) is 52.1 Å². The smallest absolute Gasteiger partial charge is 0.343 e. The monoisotopic (exact) mass is 838 g/mol. The van der Waals surface area contributed by atoms with Gasteiger partial charge in [0.2, 0.25) is 12.6 Å². The highest BCUT2D eigenvalue weighted by Crippen LogP contribution is 2.42. The van der Waals surface area contributed by atoms with Gasteiger partial charge in [0.1, 0.15) is 35.5 Å². The Balaban J connectivity index is 1.68. The minimum atomic E-state index is -1.87. The number of carbonyl (C=O) groups excluding carboxylic acids is 8. The minimum absolute atomic E-state index is 0.0473. The zero-order valence-corrected chi connectivity index (χ0v) is 33.3. The Bertz CT molecular complexity index is 2090. The van der Waals surface area contributed by atoms with Crippen LogP contribution in [0.5, 0.6) is 17.2 Å². The SMILES string of the molecule is C=CC1C(OC2OC(COC(C)=O)C(OC(C)=O)C(OC(C)=O)C2OC(=O)c2c(OC(C)=O)cc(OC(C)=O)cc2-c2cccc(OC(C)=O)c2)OC=C2C(=O)OCCC21. The average Bonchev–Trinajstić information content (AvgIpc) is 3.15. The highest BCUT2D eigenvalue weighted by molar-refractivity contribution is 6.02. The van der Waals surface area contributed by atoms with Gasteiger partial charge in [-0.25, -0.2) is 9.59 Å². The molecule has 320 valence electrons. The molecule has 0 amide bonds. The van der Waals surface area contributed by atoms with E-state index in [9.17, 15) is 38.4 Å². The predicted molar refractivity (Wildman–Crippen MR) is 198 cm³/mol. The summed E-state index contributed by atoms with van der Waals surface area (Å²) in [6.45, 7) is 9.93. The van der Waals surface area contributed by atoms with E-state index in [-0.39, 0.29) is 34.8 Å². The van der Waals surface area contributed by atoms with Crippen LogP contribution < -0.4 is 14.2 Å². The Morgan fingerprint density at radius 1 is 0.750 bits per heavy atom. The lowest BCUT2D eigenvalue weighted by Crippen LogP contribution is -2.63. The number of fused-ring (bicyclic) bond motifs is 1. The molecule has 3 heterocycles. The van der Waals surface area contributed by atoms with Crippen LogP contribution in [0.2, 0.25) is 0 Å². The summed E-state index contributed by atoms with van der Waals surface area (Å²) < 4.78 is 62.1. The van der Waals surface area contributed by atoms with E-state index >= 15 is 0 Å². The third kappa shape index (κ3) is 10.9. The number of rotatable bonds is 13. The minimum Gasteiger partial charge on any atom is -0.471 e. The standard InChI is InChI=1S/C41H42O19/c1-8-28-29-12-13-50-38(48)31(29)17-52-40(28)60-41-37(36(57-24(7)47)35(56-23(6)46)33(58-41)18-51-19(2)42)59-39(49)34-30(25-10-9-11-26(14-25)53-20(3)43)15-27(54-21(4)44)16-32(34)55-22(5)45/h8-11,14-17,28-29,33,35-37,40-41H,1,12-13,18H2,2-7H3. The normalized spacial score (nSPS) is 24.4. The summed E-state index contributed by atoms with van der Waals surface area (Å²) >= 11 is 0. The number of hydrogen-bond donors (Lipinski definition) is 0. The van der Waals surface area contributed by atoms with E-state index < -0.39 is 115 Å². The number of esters is 8. The Morgan fingerprint density at radius 2 is 1.42 bits per heavy atom. The molecule has 8 unspecified atom stereocenters. The molecule has 2 aromatic carbocycles. The van der Waals surface area contributed by atoms with Crippen LogP contribution in [0.1, 0.15) is 58.3 Å². The molecule has 0 aliphatic carbocycles. The summed E-state index contributed by atoms with van der Waals surface area (Å²) in [5, 5.41) is 0. The van der Waals surface area contributed by atoms with Crippen molar-refractivity contribution in [2.24, 2.45) is 11.8 Å². The number of carbonyl (C=O) groups is 8. The van der Waals surface area contributed by atoms with Crippen molar-refractivity contribution < 1.29 is 90.5 Å². The van der Waals surface area contributed by atoms with E-state index in [1.54, 1.807) is 0 Å². The fourth-order valence-electron chi connectivity index (χ4n) is 6.83. The van der Waals surface area contributed by atoms with Gasteiger partial charge in [0, 0.05) is 65.0 Å². The van der Waals surface area contributed by atoms with Crippen LogP contribution in [0.4, 0.5) is 0 Å². The second-order valence-corrected chi connectivity index (χ2v) is 13.6. The highest BCUT2D eigenvalue weighted by Gasteiger charge is 2.55. The number of cyclic esters (lactones) is 1. The predicted octanol–water partition coefficient (Wildman–Crippen LogP) is 3.43. The summed E-state index contributed by atoms with van der Waals surface area (Å²) in [6, 6.07) is 8.15. The molecule has 19 heteroatoms. The van der Waals surface area contributed by atoms with Crippen molar-refractivity contribution in [3.8, 4) is 28.4 Å². The summed E-state index contributed by atoms with van der Waals surface area (Å²) in [4.78, 5) is 101. The molecule has 0 radical (unpaired) electrons. The van der Waals surface area contributed by atoms with Crippen molar-refractivity contribution in [2.45, 2.75) is 85.0 Å². The maximum absolute atomic E-state index is 14.8. The van der Waals surface area contributed by atoms with Gasteiger partial charge in [-0.3, -0.25) is 28.8 Å². The van der Waals surface area contributed by atoms with Crippen LogP contribution in [0.25, 0.3) is 11.1 Å². The molecule has 2 fully saturated rings. The Kier molecular flexibility index (Phi) is 14.4. The fourth-order valence-corrected chi connectivity index (χ4v) is 6.83. The van der Waals surface area contributed by atoms with Gasteiger partial charge in [0.25, 0.3) is 0 Å². The second kappa shape index (κ2) is 19.4. The maximum atomic E-state index is 14.8. The molecule has 0 bridgehead atoms. The van der Waals surface area contributed by atoms with Crippen molar-refractivity contribution in [1.82, 2.24) is 0 Å². The molecule has 2 saturated heterocycles. The van der Waals surface area contributed by atoms with Crippen molar-refractivity contribution in [2.75, 3.05) is 13.2 Å². The van der Waals surface area contributed by atoms with Gasteiger partial charge in [0.15, 0.2) is 18.3 Å². The lowest BCUT2D eigenvalue weighted by Gasteiger charge is -2.46. The third-order valence-corrected chi connectivity index (χ3v) is 9.04. The van der Waals surface area contributed by atoms with E-state index in [0.29, 0.717) is 6.42 Å². The quantitative estimate of drug-likeness (QED) is 0.122. The molecule has 3 aliphatic heterocycles. The molecule has 19 nitrogen and oxygen atoms in total. The fraction of sp³-hybridized carbons (Fsp3) is 0.415. The van der Waals surface area contributed by atoms with Gasteiger partial charge in [0.05, 0.1) is 18.4 Å². The summed E-state index contributed by atoms with van der Waals surface area (Å²) in [7, 11) is 0. The first-order valence-electron chi connectivity index (χ1n) is 18.4. The van der Waals surface area contributed by atoms with Gasteiger partial charge in [-0.15, -0.1) is 6.58 Å². The summed E-state index contributed by atoms with van der Waals surface area (Å²) in [5.74, 6) is -8.62. The van der Waals surface area contributed by atoms with Crippen molar-refractivity contribution in [3.05, 3.63) is 66.5 Å². The van der Waals surface area contributed by atoms with Crippen molar-refractivity contribution >= 4 is 47.8 Å². The van der Waals surface area contributed by atoms with Crippen LogP contribution >= 0.6 is 0 Å². The van der Waals surface area contributed by atoms with Crippen LogP contribution in [-0.4, -0.2) is 98.0 Å². The Morgan fingerprint density at radius 3 is 2.05 bits per heavy atom. The lowest BCUT2D eigenvalue weighted by molar-refractivity contribution is -0.340. The van der Waals surface area contributed by atoms with Crippen LogP contribution in [0, 0.1) is 11.8 Å². The molecular formula is C41H42O19. The highest BCUT2D eigenvalue weighted by atomic mass is 16.8. The molecule has 3 aliphatic rings. The first kappa shape index (κ1) is 44.5. The molecule has 0 spiro atoms. The molecule has 0 saturated carbocycles. The van der Waals surface area contributed by atoms with Crippen LogP contribution in [-0.2, 0) is 71.5 Å². The maximum Gasteiger partial charge on any atom is 0.343 e. The number of benzene rings is 2. The van der Waals surface area contributed by atoms with Gasteiger partial charge in [-0.1, -0.05) is 18.2 Å². The molecule has 0 aromatic heterocycles. The van der Waals surface area contributed by atoms with Crippen molar-refractivity contribution in [1.29, 1.82) is 0 Å². The van der Waals surface area contributed by atoms with Crippen molar-refractivity contribution in [3.63, 3.8) is 0 Å². The molecule has 8 atom stereocenters. The largest absolute Gasteiger partial charge is 0.471 e. The summed E-state index contributed by atoms with van der Waals surface area (Å²) in [5.41, 5.74) is -0.140. The zero-order chi connectivity index (χ0) is 43.8. The van der Waals surface area contributed by atoms with E-state index in [1.165, 1.54) is 43.3 Å². The van der Waals surface area contributed by atoms with E-state index in [2.05, 4.69) is 6.58 Å². The van der Waals surface area contributed by atoms with Gasteiger partial charge in [-0.05, 0) is 30.2 Å². The number of hydrogen-bond acceptors (Lipinski definition) is 19. The molecule has 5 rings (SSSR count). The number of ether oxygens (including phenoxy) is 11. The lowest BCUT2D eigenvalue weighted by atomic mass is 9.81. The summed E-state index contributed by atoms with van der Waals surface area (Å²) in [6.07, 6.45) is -6.72. The second-order valence-electron chi connectivity index (χ2n) is 13.6. The van der Waals surface area contributed by atoms with E-state index in [1.807, 2.05) is 0 Å². The molecular weight excluding hydrogens is 796 g/mol. The first-order chi connectivity index (χ1) is 28.4. The topological polar surface area (TPSA) is 238 Å². The molecule has 60 heavy (non-hydrogen) atoms. The van der Waals surface area contributed by atoms with Crippen LogP contribution in [0.15, 0.2) is 60.9 Å². The van der Waals surface area contributed by atoms with Crippen LogP contribution in [0.3, 0.4) is 0 Å². The van der Waals surface area contributed by atoms with Gasteiger partial charge >= 0.3 is 47.8 Å². The average molecular weight is 839 g/mol. The Labute approximate surface area is 342 Å². The first-order valence-corrected chi connectivity index (χ1v) is 18.4.